The maximum atomic E-state index is 3.82. The second-order valence-corrected chi connectivity index (χ2v) is 16.9. The molecule has 0 aliphatic heterocycles. The Kier molecular flexibility index (Phi) is 13.1. The predicted molar refractivity (Wildman–Crippen MR) is 67.0 cm³/mol. The second-order valence-electron chi connectivity index (χ2n) is 5.62. The van der Waals surface area contributed by atoms with Crippen LogP contribution in [0.4, 0.5) is 0 Å². The van der Waals surface area contributed by atoms with Crippen LogP contribution in [0, 0.1) is 13.8 Å². The molecule has 0 nitrogen and oxygen atoms in total. The molecule has 0 rings (SSSR count). The zero-order chi connectivity index (χ0) is 10.4. The summed E-state index contributed by atoms with van der Waals surface area (Å²) in [6.07, 6.45) is 0. The van der Waals surface area contributed by atoms with E-state index in [2.05, 4.69) is 53.1 Å². The van der Waals surface area contributed by atoms with Gasteiger partial charge in [0, 0.05) is 16.1 Å². The first-order valence-electron chi connectivity index (χ1n) is 4.71. The Morgan fingerprint density at radius 1 is 0.692 bits per heavy atom. The average molecular weight is 294 g/mol. The van der Waals surface area contributed by atoms with E-state index < -0.39 is 16.1 Å². The van der Waals surface area contributed by atoms with E-state index in [1.54, 1.807) is 0 Å². The summed E-state index contributed by atoms with van der Waals surface area (Å²) in [5.41, 5.74) is 0. The molecule has 0 amide bonds. The molecule has 3 heteroatoms. The van der Waals surface area contributed by atoms with Crippen LogP contribution in [0.2, 0.25) is 51.4 Å². The van der Waals surface area contributed by atoms with Gasteiger partial charge in [-0.1, -0.05) is 39.3 Å². The SMILES string of the molecule is [CH2-]C[Si](C)(C)C.[CH2-]C[Si](C)(C)C.[Zr+2]. The number of hydrogen-bond acceptors (Lipinski definition) is 0. The van der Waals surface area contributed by atoms with Crippen LogP contribution in [0.1, 0.15) is 0 Å². The van der Waals surface area contributed by atoms with Crippen molar-refractivity contribution in [1.29, 1.82) is 0 Å². The van der Waals surface area contributed by atoms with Crippen LogP contribution in [0.15, 0.2) is 0 Å². The van der Waals surface area contributed by atoms with Gasteiger partial charge in [0.05, 0.1) is 0 Å². The zero-order valence-corrected chi connectivity index (χ0v) is 14.8. The third kappa shape index (κ3) is 31.9. The summed E-state index contributed by atoms with van der Waals surface area (Å²) in [4.78, 5) is 0. The fourth-order valence-electron chi connectivity index (χ4n) is 0. The summed E-state index contributed by atoms with van der Waals surface area (Å²) in [6.45, 7) is 21.6. The maximum Gasteiger partial charge on any atom is 2.00 e. The molecule has 0 fully saturated rings. The molecule has 0 aliphatic carbocycles. The van der Waals surface area contributed by atoms with Crippen molar-refractivity contribution in [2.45, 2.75) is 51.4 Å². The van der Waals surface area contributed by atoms with Gasteiger partial charge >= 0.3 is 26.2 Å². The van der Waals surface area contributed by atoms with E-state index in [0.29, 0.717) is 0 Å². The summed E-state index contributed by atoms with van der Waals surface area (Å²) < 4.78 is 0. The van der Waals surface area contributed by atoms with Crippen molar-refractivity contribution in [2.24, 2.45) is 0 Å². The normalized spacial score (nSPS) is 11.1. The van der Waals surface area contributed by atoms with Gasteiger partial charge in [0.1, 0.15) is 0 Å². The Bertz CT molecular complexity index is 86.5. The Morgan fingerprint density at radius 2 is 0.769 bits per heavy atom. The van der Waals surface area contributed by atoms with E-state index in [1.807, 2.05) is 0 Å². The van der Waals surface area contributed by atoms with E-state index >= 15 is 0 Å². The minimum absolute atomic E-state index is 0. The summed E-state index contributed by atoms with van der Waals surface area (Å²) in [6, 6.07) is 2.32. The van der Waals surface area contributed by atoms with Crippen molar-refractivity contribution >= 4 is 16.1 Å². The third-order valence-corrected chi connectivity index (χ3v) is 4.50. The first-order chi connectivity index (χ1) is 5.12. The fourth-order valence-corrected chi connectivity index (χ4v) is 0. The summed E-state index contributed by atoms with van der Waals surface area (Å²) >= 11 is 0. The Hall–Kier alpha value is 1.32. The predicted octanol–water partition coefficient (Wildman–Crippen LogP) is 4.31. The van der Waals surface area contributed by atoms with Crippen molar-refractivity contribution in [3.05, 3.63) is 13.8 Å². The molecule has 0 spiro atoms. The molecular formula is C10H26Si2Zr. The van der Waals surface area contributed by atoms with Crippen molar-refractivity contribution in [2.75, 3.05) is 0 Å². The molecule has 78 valence electrons. The van der Waals surface area contributed by atoms with Gasteiger partial charge in [-0.3, -0.25) is 0 Å². The smallest absolute Gasteiger partial charge is 0.346 e. The molecular weight excluding hydrogens is 268 g/mol. The van der Waals surface area contributed by atoms with E-state index in [1.165, 1.54) is 0 Å². The largest absolute Gasteiger partial charge is 2.00 e. The third-order valence-electron chi connectivity index (χ3n) is 1.50. The van der Waals surface area contributed by atoms with Crippen LogP contribution in [0.25, 0.3) is 0 Å². The summed E-state index contributed by atoms with van der Waals surface area (Å²) in [5, 5.41) is 0. The monoisotopic (exact) mass is 292 g/mol. The summed E-state index contributed by atoms with van der Waals surface area (Å²) in [5.74, 6) is 0. The molecule has 0 aromatic rings. The topological polar surface area (TPSA) is 0 Å². The van der Waals surface area contributed by atoms with Gasteiger partial charge in [-0.15, -0.1) is 0 Å². The van der Waals surface area contributed by atoms with Crippen molar-refractivity contribution in [3.63, 3.8) is 0 Å². The molecule has 0 atom stereocenters. The van der Waals surface area contributed by atoms with E-state index in [0.717, 1.165) is 12.1 Å². The minimum Gasteiger partial charge on any atom is -0.346 e. The Labute approximate surface area is 107 Å². The molecule has 0 saturated carbocycles. The minimum atomic E-state index is -0.742. The van der Waals surface area contributed by atoms with Crippen LogP contribution in [-0.4, -0.2) is 16.1 Å². The molecule has 0 aliphatic rings. The van der Waals surface area contributed by atoms with Crippen LogP contribution in [-0.2, 0) is 26.2 Å². The molecule has 0 unspecified atom stereocenters. The van der Waals surface area contributed by atoms with Gasteiger partial charge < -0.3 is 13.8 Å². The van der Waals surface area contributed by atoms with E-state index in [4.69, 9.17) is 0 Å². The van der Waals surface area contributed by atoms with Gasteiger partial charge in [-0.05, 0) is 0 Å². The molecule has 0 aromatic heterocycles. The van der Waals surface area contributed by atoms with Crippen molar-refractivity contribution in [3.8, 4) is 0 Å². The standard InChI is InChI=1S/2C5H13Si.Zr/c2*1-5-6(2,3)4;/h2*1,5H2,2-4H3;/q2*-1;+2. The van der Waals surface area contributed by atoms with E-state index in [9.17, 15) is 0 Å². The van der Waals surface area contributed by atoms with Crippen LogP contribution in [0.5, 0.6) is 0 Å². The second kappa shape index (κ2) is 8.61. The van der Waals surface area contributed by atoms with Gasteiger partial charge in [0.2, 0.25) is 0 Å². The molecule has 0 radical (unpaired) electrons. The molecule has 0 heterocycles. The number of rotatable bonds is 2. The maximum absolute atomic E-state index is 3.82. The molecule has 0 bridgehead atoms. The van der Waals surface area contributed by atoms with Crippen molar-refractivity contribution in [1.82, 2.24) is 0 Å². The quantitative estimate of drug-likeness (QED) is 0.525. The number of hydrogen-bond donors (Lipinski definition) is 0. The van der Waals surface area contributed by atoms with Gasteiger partial charge in [0.15, 0.2) is 0 Å². The Balaban J connectivity index is -0.000000143. The van der Waals surface area contributed by atoms with Crippen LogP contribution in [0.3, 0.4) is 0 Å². The van der Waals surface area contributed by atoms with Gasteiger partial charge in [-0.25, -0.2) is 0 Å². The molecule has 13 heavy (non-hydrogen) atoms. The Morgan fingerprint density at radius 3 is 0.769 bits per heavy atom. The van der Waals surface area contributed by atoms with Crippen molar-refractivity contribution < 1.29 is 26.2 Å². The average Bonchev–Trinajstić information content (AvgIpc) is 1.86. The molecule has 0 saturated heterocycles. The van der Waals surface area contributed by atoms with E-state index in [-0.39, 0.29) is 26.2 Å². The summed E-state index contributed by atoms with van der Waals surface area (Å²) in [7, 11) is -1.48. The van der Waals surface area contributed by atoms with Crippen LogP contribution >= 0.6 is 0 Å². The fraction of sp³-hybridized carbons (Fsp3) is 0.800. The first kappa shape index (κ1) is 19.8. The van der Waals surface area contributed by atoms with Gasteiger partial charge in [-0.2, -0.15) is 12.1 Å². The van der Waals surface area contributed by atoms with Crippen LogP contribution < -0.4 is 0 Å². The molecule has 0 aromatic carbocycles. The zero-order valence-electron chi connectivity index (χ0n) is 10.3. The first-order valence-corrected chi connectivity index (χ1v) is 12.1. The van der Waals surface area contributed by atoms with Gasteiger partial charge in [0.25, 0.3) is 0 Å². The molecule has 0 N–H and O–H groups in total.